The maximum Gasteiger partial charge on any atom is 0.0353 e. The van der Waals surface area contributed by atoms with E-state index in [2.05, 4.69) is 123 Å². The molecule has 3 aromatic carbocycles. The summed E-state index contributed by atoms with van der Waals surface area (Å²) in [6.45, 7) is 11.2. The lowest BCUT2D eigenvalue weighted by molar-refractivity contribution is 0.805. The van der Waals surface area contributed by atoms with Gasteiger partial charge >= 0.3 is 0 Å². The fraction of sp³-hybridized carbons (Fsp3) is 0.229. The Bertz CT molecular complexity index is 1460. The van der Waals surface area contributed by atoms with Crippen LogP contribution in [0.15, 0.2) is 103 Å². The molecule has 0 bridgehead atoms. The van der Waals surface area contributed by atoms with E-state index in [0.717, 1.165) is 31.3 Å². The first-order chi connectivity index (χ1) is 17.6. The summed E-state index contributed by atoms with van der Waals surface area (Å²) in [5.74, 6) is 0.600. The van der Waals surface area contributed by atoms with Gasteiger partial charge in [0.05, 0.1) is 0 Å². The first kappa shape index (κ1) is 25.4. The smallest absolute Gasteiger partial charge is 0.0353 e. The normalized spacial score (nSPS) is 12.8. The van der Waals surface area contributed by atoms with Crippen LogP contribution in [0.3, 0.4) is 0 Å². The van der Waals surface area contributed by atoms with Crippen molar-refractivity contribution in [2.24, 2.45) is 5.92 Å². The molecule has 0 radical (unpaired) electrons. The van der Waals surface area contributed by atoms with E-state index in [9.17, 15) is 0 Å². The van der Waals surface area contributed by atoms with Crippen molar-refractivity contribution < 1.29 is 0 Å². The summed E-state index contributed by atoms with van der Waals surface area (Å²) in [6.07, 6.45) is 17.4. The van der Waals surface area contributed by atoms with E-state index in [0.29, 0.717) is 5.92 Å². The molecule has 182 valence electrons. The van der Waals surface area contributed by atoms with Crippen molar-refractivity contribution in [3.05, 3.63) is 114 Å². The number of hydrogen-bond donors (Lipinski definition) is 0. The number of unbranched alkanes of at least 4 members (excludes halogenated alkanes) is 1. The van der Waals surface area contributed by atoms with Crippen LogP contribution in [0.25, 0.3) is 45.2 Å². The lowest BCUT2D eigenvalue weighted by Gasteiger charge is -2.16. The quantitative estimate of drug-likeness (QED) is 0.176. The van der Waals surface area contributed by atoms with Crippen LogP contribution in [-0.4, -0.2) is 4.98 Å². The predicted octanol–water partition coefficient (Wildman–Crippen LogP) is 8.48. The molecule has 4 aromatic rings. The van der Waals surface area contributed by atoms with E-state index in [1.54, 1.807) is 0 Å². The van der Waals surface area contributed by atoms with Crippen molar-refractivity contribution >= 4 is 22.9 Å². The third-order valence-electron chi connectivity index (χ3n) is 6.46. The molecule has 36 heavy (non-hydrogen) atoms. The van der Waals surface area contributed by atoms with E-state index in [4.69, 9.17) is 0 Å². The molecule has 0 aliphatic rings. The Morgan fingerprint density at radius 1 is 0.861 bits per heavy atom. The molecule has 1 heteroatoms. The topological polar surface area (TPSA) is 12.9 Å². The number of allylic oxidation sites excluding steroid dienone is 3. The minimum absolute atomic E-state index is 0.600. The molecule has 0 aliphatic heterocycles. The van der Waals surface area contributed by atoms with E-state index in [1.807, 2.05) is 12.4 Å². The van der Waals surface area contributed by atoms with Gasteiger partial charge in [0.2, 0.25) is 0 Å². The SMILES string of the molecule is C=C(/C=c1/c(-c2ccccc2)c2cnccc2c(-c2ccccc2)/c1=C/CC)CCC/C=C/C(C)C. The van der Waals surface area contributed by atoms with Crippen molar-refractivity contribution in [1.82, 2.24) is 4.98 Å². The van der Waals surface area contributed by atoms with Crippen molar-refractivity contribution in [2.75, 3.05) is 0 Å². The second-order valence-corrected chi connectivity index (χ2v) is 9.71. The predicted molar refractivity (Wildman–Crippen MR) is 158 cm³/mol. The molecule has 0 N–H and O–H groups in total. The Morgan fingerprint density at radius 2 is 1.50 bits per heavy atom. The summed E-state index contributed by atoms with van der Waals surface area (Å²) < 4.78 is 0. The standard InChI is InChI=1S/C35H37N/c1-5-15-30-32(24-27(4)17-10-6-9-16-26(2)3)35(29-20-13-8-14-21-29)33-25-36-23-22-31(33)34(30)28-18-11-7-12-19-28/h7-9,11-16,18-26H,4-6,10,17H2,1-3H3/b16-9+,30-15+,32-24+. The van der Waals surface area contributed by atoms with E-state index < -0.39 is 0 Å². The van der Waals surface area contributed by atoms with Gasteiger partial charge in [-0.3, -0.25) is 4.98 Å². The zero-order chi connectivity index (χ0) is 25.3. The highest BCUT2D eigenvalue weighted by atomic mass is 14.6. The number of rotatable bonds is 9. The molecule has 0 atom stereocenters. The maximum atomic E-state index is 4.56. The summed E-state index contributed by atoms with van der Waals surface area (Å²) in [4.78, 5) is 4.56. The Morgan fingerprint density at radius 3 is 2.11 bits per heavy atom. The average Bonchev–Trinajstić information content (AvgIpc) is 2.89. The lowest BCUT2D eigenvalue weighted by atomic mass is 9.88. The Kier molecular flexibility index (Phi) is 8.68. The van der Waals surface area contributed by atoms with Crippen LogP contribution in [0.2, 0.25) is 0 Å². The summed E-state index contributed by atoms with van der Waals surface area (Å²) >= 11 is 0. The number of pyridine rings is 1. The summed E-state index contributed by atoms with van der Waals surface area (Å²) in [6, 6.07) is 23.6. The lowest BCUT2D eigenvalue weighted by Crippen LogP contribution is -2.30. The van der Waals surface area contributed by atoms with Gasteiger partial charge in [-0.25, -0.2) is 0 Å². The molecule has 0 saturated carbocycles. The molecule has 0 spiro atoms. The monoisotopic (exact) mass is 471 g/mol. The van der Waals surface area contributed by atoms with Gasteiger partial charge in [0.25, 0.3) is 0 Å². The molecule has 0 amide bonds. The average molecular weight is 472 g/mol. The van der Waals surface area contributed by atoms with Gasteiger partial charge < -0.3 is 0 Å². The van der Waals surface area contributed by atoms with Crippen LogP contribution >= 0.6 is 0 Å². The van der Waals surface area contributed by atoms with Gasteiger partial charge in [0.15, 0.2) is 0 Å². The molecule has 0 aliphatic carbocycles. The molecule has 1 nitrogen and oxygen atoms in total. The first-order valence-corrected chi connectivity index (χ1v) is 13.2. The third-order valence-corrected chi connectivity index (χ3v) is 6.46. The molecular formula is C35H37N. The number of fused-ring (bicyclic) bond motifs is 1. The highest BCUT2D eigenvalue weighted by molar-refractivity contribution is 6.05. The van der Waals surface area contributed by atoms with Gasteiger partial charge in [-0.1, -0.05) is 118 Å². The number of benzene rings is 3. The van der Waals surface area contributed by atoms with Gasteiger partial charge in [-0.2, -0.15) is 0 Å². The second-order valence-electron chi connectivity index (χ2n) is 9.71. The molecule has 0 saturated heterocycles. The zero-order valence-corrected chi connectivity index (χ0v) is 21.9. The number of hydrogen-bond acceptors (Lipinski definition) is 1. The highest BCUT2D eigenvalue weighted by Gasteiger charge is 2.15. The van der Waals surface area contributed by atoms with Crippen LogP contribution in [0.1, 0.15) is 46.5 Å². The van der Waals surface area contributed by atoms with Gasteiger partial charge in [0.1, 0.15) is 0 Å². The van der Waals surface area contributed by atoms with Gasteiger partial charge in [-0.15, -0.1) is 0 Å². The van der Waals surface area contributed by atoms with E-state index in [1.165, 1.54) is 43.5 Å². The molecule has 0 unspecified atom stereocenters. The molecular weight excluding hydrogens is 434 g/mol. The molecule has 1 heterocycles. The van der Waals surface area contributed by atoms with Gasteiger partial charge in [0, 0.05) is 17.8 Å². The Labute approximate surface area is 216 Å². The van der Waals surface area contributed by atoms with E-state index >= 15 is 0 Å². The van der Waals surface area contributed by atoms with Crippen LogP contribution in [0.4, 0.5) is 0 Å². The minimum Gasteiger partial charge on any atom is -0.264 e. The van der Waals surface area contributed by atoms with Crippen molar-refractivity contribution in [2.45, 2.75) is 46.5 Å². The number of aromatic nitrogens is 1. The Hall–Kier alpha value is -3.71. The molecule has 0 fully saturated rings. The fourth-order valence-electron chi connectivity index (χ4n) is 4.86. The minimum atomic E-state index is 0.600. The largest absolute Gasteiger partial charge is 0.264 e. The number of nitrogens with zero attached hydrogens (tertiary/aromatic N) is 1. The van der Waals surface area contributed by atoms with Crippen LogP contribution < -0.4 is 10.4 Å². The van der Waals surface area contributed by atoms with Crippen LogP contribution in [0.5, 0.6) is 0 Å². The van der Waals surface area contributed by atoms with Crippen molar-refractivity contribution in [3.63, 3.8) is 0 Å². The summed E-state index contributed by atoms with van der Waals surface area (Å²) in [5.41, 5.74) is 6.11. The highest BCUT2D eigenvalue weighted by Crippen LogP contribution is 2.30. The van der Waals surface area contributed by atoms with Crippen LogP contribution in [0, 0.1) is 5.92 Å². The summed E-state index contributed by atoms with van der Waals surface area (Å²) in [5, 5.41) is 4.93. The van der Waals surface area contributed by atoms with Gasteiger partial charge in [-0.05, 0) is 75.7 Å². The van der Waals surface area contributed by atoms with Crippen molar-refractivity contribution in [3.8, 4) is 22.3 Å². The molecule has 4 rings (SSSR count). The van der Waals surface area contributed by atoms with Crippen LogP contribution in [-0.2, 0) is 0 Å². The maximum absolute atomic E-state index is 4.56. The van der Waals surface area contributed by atoms with E-state index in [-0.39, 0.29) is 0 Å². The van der Waals surface area contributed by atoms with Crippen molar-refractivity contribution in [1.29, 1.82) is 0 Å². The summed E-state index contributed by atoms with van der Waals surface area (Å²) in [7, 11) is 0. The first-order valence-electron chi connectivity index (χ1n) is 13.2. The molecule has 1 aromatic heterocycles. The Balaban J connectivity index is 1.99. The fourth-order valence-corrected chi connectivity index (χ4v) is 4.86. The third kappa shape index (κ3) is 5.91. The zero-order valence-electron chi connectivity index (χ0n) is 21.9. The second kappa shape index (κ2) is 12.3.